The molecule has 4 nitrogen and oxygen atoms in total. The van der Waals surface area contributed by atoms with Crippen molar-refractivity contribution in [2.75, 3.05) is 33.0 Å². The molecule has 0 bridgehead atoms. The van der Waals surface area contributed by atoms with Crippen molar-refractivity contribution in [1.29, 1.82) is 0 Å². The van der Waals surface area contributed by atoms with Gasteiger partial charge in [0.05, 0.1) is 19.4 Å². The zero-order valence-corrected chi connectivity index (χ0v) is 13.2. The maximum absolute atomic E-state index is 5.74. The van der Waals surface area contributed by atoms with E-state index in [0.29, 0.717) is 6.10 Å². The highest BCUT2D eigenvalue weighted by atomic mass is 32.1. The highest BCUT2D eigenvalue weighted by Gasteiger charge is 2.27. The van der Waals surface area contributed by atoms with Crippen molar-refractivity contribution in [2.24, 2.45) is 5.92 Å². The summed E-state index contributed by atoms with van der Waals surface area (Å²) in [6, 6.07) is 0. The number of hydrogen-bond acceptors (Lipinski definition) is 3. The van der Waals surface area contributed by atoms with Gasteiger partial charge in [0.15, 0.2) is 5.11 Å². The van der Waals surface area contributed by atoms with Crippen molar-refractivity contribution in [1.82, 2.24) is 15.1 Å². The van der Waals surface area contributed by atoms with Crippen LogP contribution in [0.3, 0.4) is 0 Å². The summed E-state index contributed by atoms with van der Waals surface area (Å²) in [4.78, 5) is 4.80. The van der Waals surface area contributed by atoms with Gasteiger partial charge in [-0.2, -0.15) is 0 Å². The fraction of sp³-hybridized carbons (Fsp3) is 0.933. The van der Waals surface area contributed by atoms with Crippen LogP contribution in [0.2, 0.25) is 0 Å². The van der Waals surface area contributed by atoms with Crippen molar-refractivity contribution in [3.63, 3.8) is 0 Å². The largest absolute Gasteiger partial charge is 0.376 e. The summed E-state index contributed by atoms with van der Waals surface area (Å²) in [6.07, 6.45) is 9.85. The predicted octanol–water partition coefficient (Wildman–Crippen LogP) is 2.15. The number of nitrogens with zero attached hydrogens (tertiary/aromatic N) is 2. The van der Waals surface area contributed by atoms with Crippen molar-refractivity contribution < 1.29 is 4.74 Å². The van der Waals surface area contributed by atoms with Gasteiger partial charge in [-0.3, -0.25) is 4.90 Å². The van der Waals surface area contributed by atoms with Crippen LogP contribution < -0.4 is 5.32 Å². The van der Waals surface area contributed by atoms with Crippen LogP contribution in [0.4, 0.5) is 0 Å². The molecule has 2 aliphatic heterocycles. The minimum atomic E-state index is 0.379. The summed E-state index contributed by atoms with van der Waals surface area (Å²) in [6.45, 7) is 4.98. The molecule has 0 unspecified atom stereocenters. The van der Waals surface area contributed by atoms with Gasteiger partial charge in [-0.15, -0.1) is 0 Å². The second-order valence-corrected chi connectivity index (χ2v) is 6.88. The van der Waals surface area contributed by atoms with Gasteiger partial charge in [-0.25, -0.2) is 0 Å². The first-order valence-corrected chi connectivity index (χ1v) is 8.59. The van der Waals surface area contributed by atoms with Crippen molar-refractivity contribution in [3.8, 4) is 0 Å². The maximum Gasteiger partial charge on any atom is 0.171 e. The summed E-state index contributed by atoms with van der Waals surface area (Å²) >= 11 is 5.45. The smallest absolute Gasteiger partial charge is 0.171 e. The van der Waals surface area contributed by atoms with E-state index in [1.54, 1.807) is 0 Å². The van der Waals surface area contributed by atoms with Crippen molar-refractivity contribution in [3.05, 3.63) is 0 Å². The van der Waals surface area contributed by atoms with Gasteiger partial charge in [0.1, 0.15) is 0 Å². The molecule has 114 valence electrons. The van der Waals surface area contributed by atoms with Gasteiger partial charge in [-0.05, 0) is 43.8 Å². The molecule has 3 fully saturated rings. The fourth-order valence-corrected chi connectivity index (χ4v) is 3.88. The second kappa shape index (κ2) is 7.05. The lowest BCUT2D eigenvalue weighted by Crippen LogP contribution is -2.58. The zero-order valence-electron chi connectivity index (χ0n) is 12.4. The summed E-state index contributed by atoms with van der Waals surface area (Å²) in [5.41, 5.74) is 0. The van der Waals surface area contributed by atoms with E-state index in [1.165, 1.54) is 51.5 Å². The molecule has 3 rings (SSSR count). The molecule has 1 saturated carbocycles. The monoisotopic (exact) mass is 297 g/mol. The lowest BCUT2D eigenvalue weighted by atomic mass is 9.89. The molecule has 20 heavy (non-hydrogen) atoms. The van der Waals surface area contributed by atoms with Crippen LogP contribution >= 0.6 is 12.2 Å². The van der Waals surface area contributed by atoms with Gasteiger partial charge in [0.2, 0.25) is 0 Å². The normalized spacial score (nSPS) is 29.7. The Morgan fingerprint density at radius 3 is 2.70 bits per heavy atom. The first-order valence-electron chi connectivity index (χ1n) is 8.18. The molecule has 0 radical (unpaired) electrons. The minimum absolute atomic E-state index is 0.379. The van der Waals surface area contributed by atoms with Crippen molar-refractivity contribution in [2.45, 2.75) is 51.0 Å². The van der Waals surface area contributed by atoms with E-state index in [1.807, 2.05) is 0 Å². The average Bonchev–Trinajstić information content (AvgIpc) is 2.97. The van der Waals surface area contributed by atoms with E-state index in [9.17, 15) is 0 Å². The minimum Gasteiger partial charge on any atom is -0.376 e. The van der Waals surface area contributed by atoms with Gasteiger partial charge in [-0.1, -0.05) is 19.3 Å². The molecule has 1 aliphatic carbocycles. The number of ether oxygens (including phenoxy) is 1. The van der Waals surface area contributed by atoms with Crippen LogP contribution in [0.25, 0.3) is 0 Å². The summed E-state index contributed by atoms with van der Waals surface area (Å²) in [5.74, 6) is 0.891. The Kier molecular flexibility index (Phi) is 5.13. The van der Waals surface area contributed by atoms with Gasteiger partial charge in [0.25, 0.3) is 0 Å². The molecule has 5 heteroatoms. The molecule has 0 aromatic rings. The molecular formula is C15H27N3OS. The molecule has 0 amide bonds. The van der Waals surface area contributed by atoms with Crippen LogP contribution in [0, 0.1) is 5.92 Å². The fourth-order valence-electron chi connectivity index (χ4n) is 3.68. The van der Waals surface area contributed by atoms with Crippen LogP contribution in [-0.2, 0) is 4.74 Å². The lowest BCUT2D eigenvalue weighted by molar-refractivity contribution is 0.0592. The first-order chi connectivity index (χ1) is 9.81. The third-order valence-corrected chi connectivity index (χ3v) is 5.20. The predicted molar refractivity (Wildman–Crippen MR) is 84.4 cm³/mol. The second-order valence-electron chi connectivity index (χ2n) is 6.50. The number of hydrogen-bond donors (Lipinski definition) is 1. The van der Waals surface area contributed by atoms with E-state index in [2.05, 4.69) is 15.1 Å². The van der Waals surface area contributed by atoms with E-state index in [0.717, 1.165) is 37.5 Å². The van der Waals surface area contributed by atoms with Crippen LogP contribution in [0.5, 0.6) is 0 Å². The van der Waals surface area contributed by atoms with Crippen LogP contribution in [0.15, 0.2) is 0 Å². The topological polar surface area (TPSA) is 27.7 Å². The Hall–Kier alpha value is -0.390. The molecule has 0 aromatic heterocycles. The SMILES string of the molecule is S=C1NCN(CC2CCCCC2)CN1C[C@@H]1CCCO1. The average molecular weight is 297 g/mol. The molecular weight excluding hydrogens is 270 g/mol. The highest BCUT2D eigenvalue weighted by Crippen LogP contribution is 2.25. The van der Waals surface area contributed by atoms with Gasteiger partial charge >= 0.3 is 0 Å². The quantitative estimate of drug-likeness (QED) is 0.803. The Morgan fingerprint density at radius 1 is 1.10 bits per heavy atom. The highest BCUT2D eigenvalue weighted by molar-refractivity contribution is 7.80. The van der Waals surface area contributed by atoms with E-state index in [4.69, 9.17) is 17.0 Å². The van der Waals surface area contributed by atoms with E-state index in [-0.39, 0.29) is 0 Å². The maximum atomic E-state index is 5.74. The molecule has 0 aromatic carbocycles. The van der Waals surface area contributed by atoms with Gasteiger partial charge in [0, 0.05) is 19.7 Å². The van der Waals surface area contributed by atoms with E-state index < -0.39 is 0 Å². The first kappa shape index (κ1) is 14.5. The number of thiocarbonyl (C=S) groups is 1. The Bertz CT molecular complexity index is 327. The Balaban J connectivity index is 1.48. The standard InChI is InChI=1S/C15H27N3OS/c20-15-16-11-17(9-13-5-2-1-3-6-13)12-18(15)10-14-7-4-8-19-14/h13-14H,1-12H2,(H,16,20)/t14-/m0/s1. The summed E-state index contributed by atoms with van der Waals surface area (Å²) < 4.78 is 5.74. The van der Waals surface area contributed by atoms with Crippen LogP contribution in [0.1, 0.15) is 44.9 Å². The molecule has 2 saturated heterocycles. The number of nitrogens with one attached hydrogen (secondary N) is 1. The molecule has 1 atom stereocenters. The summed E-state index contributed by atoms with van der Waals surface area (Å²) in [7, 11) is 0. The Labute approximate surface area is 127 Å². The third kappa shape index (κ3) is 3.83. The van der Waals surface area contributed by atoms with Crippen molar-refractivity contribution >= 4 is 17.3 Å². The number of rotatable bonds is 4. The third-order valence-electron chi connectivity index (χ3n) is 4.80. The Morgan fingerprint density at radius 2 is 1.95 bits per heavy atom. The zero-order chi connectivity index (χ0) is 13.8. The molecule has 3 aliphatic rings. The molecule has 1 N–H and O–H groups in total. The van der Waals surface area contributed by atoms with Crippen LogP contribution in [-0.4, -0.2) is 54.0 Å². The van der Waals surface area contributed by atoms with Gasteiger partial charge < -0.3 is 15.0 Å². The summed E-state index contributed by atoms with van der Waals surface area (Å²) in [5, 5.41) is 4.28. The van der Waals surface area contributed by atoms with E-state index >= 15 is 0 Å². The molecule has 0 spiro atoms. The molecule has 2 heterocycles. The lowest BCUT2D eigenvalue weighted by Gasteiger charge is -2.40.